The zero-order valence-electron chi connectivity index (χ0n) is 11.4. The van der Waals surface area contributed by atoms with E-state index in [2.05, 4.69) is 41.2 Å². The van der Waals surface area contributed by atoms with Gasteiger partial charge in [-0.3, -0.25) is 0 Å². The first-order chi connectivity index (χ1) is 7.95. The monoisotopic (exact) mass is 237 g/mol. The molecule has 0 aliphatic heterocycles. The van der Waals surface area contributed by atoms with Gasteiger partial charge in [0.1, 0.15) is 17.5 Å². The van der Waals surface area contributed by atoms with E-state index >= 15 is 0 Å². The van der Waals surface area contributed by atoms with Gasteiger partial charge in [-0.1, -0.05) is 6.92 Å². The van der Waals surface area contributed by atoms with Crippen LogP contribution in [0.5, 0.6) is 0 Å². The molecule has 1 aromatic heterocycles. The lowest BCUT2D eigenvalue weighted by Crippen LogP contribution is -2.32. The zero-order chi connectivity index (χ0) is 13.0. The smallest absolute Gasteiger partial charge is 0.134 e. The van der Waals surface area contributed by atoms with Crippen LogP contribution in [0.25, 0.3) is 0 Å². The van der Waals surface area contributed by atoms with Crippen molar-refractivity contribution >= 4 is 11.6 Å². The predicted octanol–water partition coefficient (Wildman–Crippen LogP) is 1.29. The molecule has 0 aliphatic rings. The lowest BCUT2D eigenvalue weighted by atomic mass is 10.2. The van der Waals surface area contributed by atoms with Crippen molar-refractivity contribution < 1.29 is 0 Å². The van der Waals surface area contributed by atoms with Gasteiger partial charge in [0.05, 0.1) is 0 Å². The Labute approximate surface area is 103 Å². The molecule has 96 valence electrons. The van der Waals surface area contributed by atoms with E-state index in [1.807, 2.05) is 13.8 Å². The van der Waals surface area contributed by atoms with Crippen molar-refractivity contribution in [2.24, 2.45) is 0 Å². The summed E-state index contributed by atoms with van der Waals surface area (Å²) in [4.78, 5) is 10.9. The third-order valence-corrected chi connectivity index (χ3v) is 2.99. The molecule has 1 rings (SSSR count). The summed E-state index contributed by atoms with van der Waals surface area (Å²) >= 11 is 0. The number of rotatable bonds is 5. The Morgan fingerprint density at radius 3 is 2.53 bits per heavy atom. The van der Waals surface area contributed by atoms with Crippen LogP contribution in [0.2, 0.25) is 0 Å². The fraction of sp³-hybridized carbons (Fsp3) is 0.667. The summed E-state index contributed by atoms with van der Waals surface area (Å²) < 4.78 is 0. The number of hydrogen-bond acceptors (Lipinski definition) is 5. The molecule has 0 fully saturated rings. The van der Waals surface area contributed by atoms with Crippen LogP contribution < -0.4 is 11.1 Å². The molecule has 0 bridgehead atoms. The zero-order valence-corrected chi connectivity index (χ0v) is 11.4. The van der Waals surface area contributed by atoms with Crippen molar-refractivity contribution in [2.45, 2.75) is 33.2 Å². The van der Waals surface area contributed by atoms with Crippen LogP contribution in [0.15, 0.2) is 0 Å². The van der Waals surface area contributed by atoms with Crippen LogP contribution in [0.4, 0.5) is 11.6 Å². The lowest BCUT2D eigenvalue weighted by Gasteiger charge is -2.21. The Morgan fingerprint density at radius 2 is 2.00 bits per heavy atom. The van der Waals surface area contributed by atoms with Gasteiger partial charge in [0.25, 0.3) is 0 Å². The van der Waals surface area contributed by atoms with E-state index in [1.165, 1.54) is 0 Å². The number of aryl methyl sites for hydroxylation is 1. The second-order valence-corrected chi connectivity index (χ2v) is 4.55. The molecular weight excluding hydrogens is 214 g/mol. The minimum Gasteiger partial charge on any atom is -0.383 e. The maximum atomic E-state index is 5.86. The maximum absolute atomic E-state index is 5.86. The second kappa shape index (κ2) is 5.82. The topological polar surface area (TPSA) is 67.1 Å². The summed E-state index contributed by atoms with van der Waals surface area (Å²) in [6.07, 6.45) is 0.794. The van der Waals surface area contributed by atoms with Crippen LogP contribution in [-0.2, 0) is 6.42 Å². The van der Waals surface area contributed by atoms with Gasteiger partial charge in [-0.25, -0.2) is 9.97 Å². The molecule has 1 heterocycles. The number of nitrogen functional groups attached to an aromatic ring is 1. The Balaban J connectivity index is 2.80. The van der Waals surface area contributed by atoms with Gasteiger partial charge in [0.15, 0.2) is 0 Å². The van der Waals surface area contributed by atoms with E-state index < -0.39 is 0 Å². The number of hydrogen-bond donors (Lipinski definition) is 2. The summed E-state index contributed by atoms with van der Waals surface area (Å²) in [5.41, 5.74) is 6.79. The molecule has 0 spiro atoms. The van der Waals surface area contributed by atoms with E-state index in [4.69, 9.17) is 5.73 Å². The van der Waals surface area contributed by atoms with Gasteiger partial charge >= 0.3 is 0 Å². The third-order valence-electron chi connectivity index (χ3n) is 2.99. The van der Waals surface area contributed by atoms with Gasteiger partial charge in [-0.15, -0.1) is 0 Å². The highest BCUT2D eigenvalue weighted by molar-refractivity contribution is 5.54. The minimum absolute atomic E-state index is 0.440. The first kappa shape index (κ1) is 13.7. The standard InChI is InChI=1S/C12H23N5/c1-6-10-15-11(13)9(3)12(16-10)14-7-8(2)17(4)5/h8H,6-7H2,1-5H3,(H3,13,14,15,16). The summed E-state index contributed by atoms with van der Waals surface area (Å²) in [7, 11) is 4.12. The van der Waals surface area contributed by atoms with Gasteiger partial charge in [-0.2, -0.15) is 0 Å². The number of nitrogens with one attached hydrogen (secondary N) is 1. The average molecular weight is 237 g/mol. The van der Waals surface area contributed by atoms with Gasteiger partial charge < -0.3 is 16.0 Å². The van der Waals surface area contributed by atoms with Crippen molar-refractivity contribution in [1.29, 1.82) is 0 Å². The highest BCUT2D eigenvalue weighted by Gasteiger charge is 2.09. The molecule has 3 N–H and O–H groups in total. The number of nitrogens with two attached hydrogens (primary N) is 1. The van der Waals surface area contributed by atoms with Crippen LogP contribution in [-0.4, -0.2) is 41.5 Å². The first-order valence-electron chi connectivity index (χ1n) is 5.99. The van der Waals surface area contributed by atoms with Crippen molar-refractivity contribution in [3.63, 3.8) is 0 Å². The molecule has 0 aromatic carbocycles. The number of likely N-dealkylation sites (N-methyl/N-ethyl adjacent to an activating group) is 1. The Kier molecular flexibility index (Phi) is 4.69. The summed E-state index contributed by atoms with van der Waals surface area (Å²) in [5, 5.41) is 3.34. The van der Waals surface area contributed by atoms with E-state index in [9.17, 15) is 0 Å². The van der Waals surface area contributed by atoms with Gasteiger partial charge in [0.2, 0.25) is 0 Å². The normalized spacial score (nSPS) is 12.8. The summed E-state index contributed by atoms with van der Waals surface area (Å²) in [6.45, 7) is 6.97. The molecule has 5 nitrogen and oxygen atoms in total. The molecule has 0 saturated heterocycles. The van der Waals surface area contributed by atoms with E-state index in [0.717, 1.165) is 30.2 Å². The average Bonchev–Trinajstić information content (AvgIpc) is 2.30. The van der Waals surface area contributed by atoms with Crippen molar-refractivity contribution in [3.05, 3.63) is 11.4 Å². The van der Waals surface area contributed by atoms with Gasteiger partial charge in [0, 0.05) is 24.6 Å². The van der Waals surface area contributed by atoms with Crippen LogP contribution in [0.1, 0.15) is 25.2 Å². The highest BCUT2D eigenvalue weighted by Crippen LogP contribution is 2.17. The van der Waals surface area contributed by atoms with Crippen molar-refractivity contribution in [1.82, 2.24) is 14.9 Å². The second-order valence-electron chi connectivity index (χ2n) is 4.55. The molecular formula is C12H23N5. The van der Waals surface area contributed by atoms with Crippen molar-refractivity contribution in [2.75, 3.05) is 31.7 Å². The molecule has 0 amide bonds. The van der Waals surface area contributed by atoms with Crippen LogP contribution in [0, 0.1) is 6.92 Å². The lowest BCUT2D eigenvalue weighted by molar-refractivity contribution is 0.326. The first-order valence-corrected chi connectivity index (χ1v) is 5.99. The largest absolute Gasteiger partial charge is 0.383 e. The quantitative estimate of drug-likeness (QED) is 0.808. The molecule has 0 aliphatic carbocycles. The van der Waals surface area contributed by atoms with Gasteiger partial charge in [-0.05, 0) is 27.9 Å². The molecule has 0 saturated carbocycles. The molecule has 1 unspecified atom stereocenters. The maximum Gasteiger partial charge on any atom is 0.134 e. The van der Waals surface area contributed by atoms with E-state index in [-0.39, 0.29) is 0 Å². The predicted molar refractivity (Wildman–Crippen MR) is 72.2 cm³/mol. The molecule has 17 heavy (non-hydrogen) atoms. The fourth-order valence-electron chi connectivity index (χ4n) is 1.34. The fourth-order valence-corrected chi connectivity index (χ4v) is 1.34. The van der Waals surface area contributed by atoms with Crippen LogP contribution >= 0.6 is 0 Å². The SMILES string of the molecule is CCc1nc(N)c(C)c(NCC(C)N(C)C)n1. The number of anilines is 2. The Bertz CT molecular complexity index is 375. The number of nitrogens with zero attached hydrogens (tertiary/aromatic N) is 3. The third kappa shape index (κ3) is 3.56. The molecule has 1 aromatic rings. The molecule has 1 atom stereocenters. The van der Waals surface area contributed by atoms with E-state index in [1.54, 1.807) is 0 Å². The number of aromatic nitrogens is 2. The van der Waals surface area contributed by atoms with E-state index in [0.29, 0.717) is 11.9 Å². The molecule has 0 radical (unpaired) electrons. The highest BCUT2D eigenvalue weighted by atomic mass is 15.1. The Hall–Kier alpha value is -1.36. The minimum atomic E-state index is 0.440. The van der Waals surface area contributed by atoms with Crippen LogP contribution in [0.3, 0.4) is 0 Å². The van der Waals surface area contributed by atoms with Crippen molar-refractivity contribution in [3.8, 4) is 0 Å². The summed E-state index contributed by atoms with van der Waals surface area (Å²) in [6, 6.07) is 0.440. The summed E-state index contributed by atoms with van der Waals surface area (Å²) in [5.74, 6) is 2.20. The molecule has 5 heteroatoms. The Morgan fingerprint density at radius 1 is 1.35 bits per heavy atom.